The summed E-state index contributed by atoms with van der Waals surface area (Å²) < 4.78 is 23.2. The highest BCUT2D eigenvalue weighted by atomic mass is 19.1. The maximum Gasteiger partial charge on any atom is 0.123 e. The maximum absolute atomic E-state index is 12.8. The molecule has 0 unspecified atom stereocenters. The Hall–Kier alpha value is -1.87. The van der Waals surface area contributed by atoms with Gasteiger partial charge in [-0.1, -0.05) is 24.3 Å². The lowest BCUT2D eigenvalue weighted by molar-refractivity contribution is 0.146. The zero-order valence-electron chi connectivity index (χ0n) is 10.2. The Morgan fingerprint density at radius 2 is 1.39 bits per heavy atom. The van der Waals surface area contributed by atoms with Crippen molar-refractivity contribution in [1.29, 1.82) is 0 Å². The second-order valence-electron chi connectivity index (χ2n) is 3.87. The largest absolute Gasteiger partial charge is 0.491 e. The van der Waals surface area contributed by atoms with E-state index in [4.69, 9.17) is 9.47 Å². The molecule has 0 aliphatic heterocycles. The van der Waals surface area contributed by atoms with Crippen molar-refractivity contribution in [3.63, 3.8) is 0 Å². The number of ether oxygens (including phenoxy) is 2. The van der Waals surface area contributed by atoms with Gasteiger partial charge in [-0.15, -0.1) is 0 Å². The van der Waals surface area contributed by atoms with E-state index in [1.54, 1.807) is 19.2 Å². The Balaban J connectivity index is 2.05. The van der Waals surface area contributed by atoms with E-state index >= 15 is 0 Å². The van der Waals surface area contributed by atoms with Crippen LogP contribution in [0.3, 0.4) is 0 Å². The fourth-order valence-electron chi connectivity index (χ4n) is 1.63. The standard InChI is InChI=1S/C15H15FO2/c1-17-10-11-18-15-8-4-13(5-9-15)12-2-6-14(16)7-3-12/h2-9H,10-11H2,1H3. The maximum atomic E-state index is 12.8. The van der Waals surface area contributed by atoms with Gasteiger partial charge in [-0.05, 0) is 35.4 Å². The lowest BCUT2D eigenvalue weighted by Crippen LogP contribution is -2.03. The summed E-state index contributed by atoms with van der Waals surface area (Å²) in [6, 6.07) is 14.1. The third-order valence-electron chi connectivity index (χ3n) is 2.59. The number of benzene rings is 2. The van der Waals surface area contributed by atoms with E-state index < -0.39 is 0 Å². The molecule has 0 atom stereocenters. The predicted molar refractivity (Wildman–Crippen MR) is 69.2 cm³/mol. The highest BCUT2D eigenvalue weighted by Crippen LogP contribution is 2.22. The topological polar surface area (TPSA) is 18.5 Å². The van der Waals surface area contributed by atoms with Gasteiger partial charge in [0.2, 0.25) is 0 Å². The molecule has 2 aromatic rings. The second-order valence-corrected chi connectivity index (χ2v) is 3.87. The molecule has 0 saturated carbocycles. The molecule has 18 heavy (non-hydrogen) atoms. The summed E-state index contributed by atoms with van der Waals surface area (Å²) in [5, 5.41) is 0. The fourth-order valence-corrected chi connectivity index (χ4v) is 1.63. The smallest absolute Gasteiger partial charge is 0.123 e. The van der Waals surface area contributed by atoms with Gasteiger partial charge in [-0.25, -0.2) is 4.39 Å². The minimum Gasteiger partial charge on any atom is -0.491 e. The van der Waals surface area contributed by atoms with E-state index in [0.717, 1.165) is 16.9 Å². The van der Waals surface area contributed by atoms with Crippen LogP contribution in [-0.4, -0.2) is 20.3 Å². The Labute approximate surface area is 106 Å². The van der Waals surface area contributed by atoms with Crippen molar-refractivity contribution in [3.8, 4) is 16.9 Å². The highest BCUT2D eigenvalue weighted by molar-refractivity contribution is 5.63. The van der Waals surface area contributed by atoms with E-state index in [0.29, 0.717) is 13.2 Å². The molecule has 0 aliphatic carbocycles. The van der Waals surface area contributed by atoms with Crippen molar-refractivity contribution in [1.82, 2.24) is 0 Å². The minimum absolute atomic E-state index is 0.224. The number of methoxy groups -OCH3 is 1. The lowest BCUT2D eigenvalue weighted by atomic mass is 10.1. The Bertz CT molecular complexity index is 477. The zero-order chi connectivity index (χ0) is 12.8. The van der Waals surface area contributed by atoms with Crippen LogP contribution < -0.4 is 4.74 Å². The summed E-state index contributed by atoms with van der Waals surface area (Å²) in [6.45, 7) is 1.10. The third-order valence-corrected chi connectivity index (χ3v) is 2.59. The van der Waals surface area contributed by atoms with Gasteiger partial charge >= 0.3 is 0 Å². The van der Waals surface area contributed by atoms with Crippen molar-refractivity contribution in [3.05, 3.63) is 54.3 Å². The minimum atomic E-state index is -0.224. The number of hydrogen-bond donors (Lipinski definition) is 0. The van der Waals surface area contributed by atoms with Crippen LogP contribution in [0.15, 0.2) is 48.5 Å². The molecule has 2 rings (SSSR count). The van der Waals surface area contributed by atoms with E-state index in [-0.39, 0.29) is 5.82 Å². The van der Waals surface area contributed by atoms with E-state index in [1.165, 1.54) is 12.1 Å². The third kappa shape index (κ3) is 3.31. The van der Waals surface area contributed by atoms with Crippen LogP contribution in [-0.2, 0) is 4.74 Å². The lowest BCUT2D eigenvalue weighted by Gasteiger charge is -2.06. The molecule has 3 heteroatoms. The summed E-state index contributed by atoms with van der Waals surface area (Å²) in [4.78, 5) is 0. The number of halogens is 1. The molecule has 2 aromatic carbocycles. The van der Waals surface area contributed by atoms with Gasteiger partial charge < -0.3 is 9.47 Å². The molecule has 2 nitrogen and oxygen atoms in total. The number of rotatable bonds is 5. The van der Waals surface area contributed by atoms with Crippen LogP contribution in [0, 0.1) is 5.82 Å². The molecule has 0 fully saturated rings. The summed E-state index contributed by atoms with van der Waals surface area (Å²) in [7, 11) is 1.64. The van der Waals surface area contributed by atoms with Crippen molar-refractivity contribution in [2.45, 2.75) is 0 Å². The molecular formula is C15H15FO2. The monoisotopic (exact) mass is 246 g/mol. The van der Waals surface area contributed by atoms with Crippen LogP contribution in [0.5, 0.6) is 5.75 Å². The summed E-state index contributed by atoms with van der Waals surface area (Å²) >= 11 is 0. The summed E-state index contributed by atoms with van der Waals surface area (Å²) in [5.74, 6) is 0.580. The van der Waals surface area contributed by atoms with E-state index in [2.05, 4.69) is 0 Å². The summed E-state index contributed by atoms with van der Waals surface area (Å²) in [6.07, 6.45) is 0. The quantitative estimate of drug-likeness (QED) is 0.751. The van der Waals surface area contributed by atoms with Crippen molar-refractivity contribution < 1.29 is 13.9 Å². The first-order valence-electron chi connectivity index (χ1n) is 5.77. The molecule has 0 heterocycles. The zero-order valence-corrected chi connectivity index (χ0v) is 10.2. The second kappa shape index (κ2) is 6.17. The van der Waals surface area contributed by atoms with Gasteiger partial charge in [0.1, 0.15) is 18.2 Å². The molecule has 0 N–H and O–H groups in total. The molecule has 0 bridgehead atoms. The Kier molecular flexibility index (Phi) is 4.31. The SMILES string of the molecule is COCCOc1ccc(-c2ccc(F)cc2)cc1. The first-order chi connectivity index (χ1) is 8.79. The fraction of sp³-hybridized carbons (Fsp3) is 0.200. The molecule has 0 saturated heterocycles. The van der Waals surface area contributed by atoms with Crippen LogP contribution >= 0.6 is 0 Å². The average molecular weight is 246 g/mol. The van der Waals surface area contributed by atoms with Crippen molar-refractivity contribution in [2.75, 3.05) is 20.3 Å². The van der Waals surface area contributed by atoms with Gasteiger partial charge in [-0.2, -0.15) is 0 Å². The molecule has 0 spiro atoms. The number of hydrogen-bond acceptors (Lipinski definition) is 2. The molecule has 0 amide bonds. The average Bonchev–Trinajstić information content (AvgIpc) is 2.41. The Morgan fingerprint density at radius 1 is 0.833 bits per heavy atom. The molecule has 0 radical (unpaired) electrons. The molecule has 0 aliphatic rings. The van der Waals surface area contributed by atoms with Gasteiger partial charge in [0.05, 0.1) is 6.61 Å². The first kappa shape index (κ1) is 12.6. The van der Waals surface area contributed by atoms with Crippen molar-refractivity contribution >= 4 is 0 Å². The molecule has 94 valence electrons. The molecular weight excluding hydrogens is 231 g/mol. The molecule has 0 aromatic heterocycles. The van der Waals surface area contributed by atoms with E-state index in [1.807, 2.05) is 24.3 Å². The van der Waals surface area contributed by atoms with E-state index in [9.17, 15) is 4.39 Å². The Morgan fingerprint density at radius 3 is 1.94 bits per heavy atom. The predicted octanol–water partition coefficient (Wildman–Crippen LogP) is 3.52. The normalized spacial score (nSPS) is 10.3. The van der Waals surface area contributed by atoms with Gasteiger partial charge in [0, 0.05) is 7.11 Å². The van der Waals surface area contributed by atoms with Crippen molar-refractivity contribution in [2.24, 2.45) is 0 Å². The van der Waals surface area contributed by atoms with Gasteiger partial charge in [0.25, 0.3) is 0 Å². The van der Waals surface area contributed by atoms with Gasteiger partial charge in [0.15, 0.2) is 0 Å². The highest BCUT2D eigenvalue weighted by Gasteiger charge is 1.99. The van der Waals surface area contributed by atoms with Crippen LogP contribution in [0.25, 0.3) is 11.1 Å². The summed E-state index contributed by atoms with van der Waals surface area (Å²) in [5.41, 5.74) is 2.02. The van der Waals surface area contributed by atoms with Crippen LogP contribution in [0.1, 0.15) is 0 Å². The van der Waals surface area contributed by atoms with Gasteiger partial charge in [-0.3, -0.25) is 0 Å². The van der Waals surface area contributed by atoms with Crippen LogP contribution in [0.4, 0.5) is 4.39 Å². The van der Waals surface area contributed by atoms with Crippen LogP contribution in [0.2, 0.25) is 0 Å². The first-order valence-corrected chi connectivity index (χ1v) is 5.77.